The van der Waals surface area contributed by atoms with Crippen LogP contribution in [0.2, 0.25) is 0 Å². The number of hydrogen-bond acceptors (Lipinski definition) is 2. The van der Waals surface area contributed by atoms with Gasteiger partial charge in [0.05, 0.1) is 5.56 Å². The summed E-state index contributed by atoms with van der Waals surface area (Å²) < 4.78 is 26.4. The molecule has 1 atom stereocenters. The Hall–Kier alpha value is -1.98. The van der Waals surface area contributed by atoms with E-state index in [9.17, 15) is 18.4 Å². The van der Waals surface area contributed by atoms with Crippen molar-refractivity contribution in [1.82, 2.24) is 4.90 Å². The predicted octanol–water partition coefficient (Wildman–Crippen LogP) is 1.65. The van der Waals surface area contributed by atoms with Gasteiger partial charge in [-0.1, -0.05) is 0 Å². The average Bonchev–Trinajstić information content (AvgIpc) is 2.80. The lowest BCUT2D eigenvalue weighted by molar-refractivity contribution is -0.141. The maximum atomic E-state index is 13.4. The van der Waals surface area contributed by atoms with Crippen molar-refractivity contribution >= 4 is 11.9 Å². The maximum absolute atomic E-state index is 13.4. The number of rotatable bonds is 2. The number of carboxylic acids is 1. The molecule has 1 aliphatic rings. The molecule has 18 heavy (non-hydrogen) atoms. The number of amides is 1. The third kappa shape index (κ3) is 2.18. The van der Waals surface area contributed by atoms with Gasteiger partial charge in [0.15, 0.2) is 0 Å². The molecule has 0 spiro atoms. The molecular formula is C12H11F2NO3. The molecule has 1 saturated heterocycles. The average molecular weight is 255 g/mol. The van der Waals surface area contributed by atoms with Crippen LogP contribution in [0, 0.1) is 11.6 Å². The Morgan fingerprint density at radius 3 is 2.72 bits per heavy atom. The van der Waals surface area contributed by atoms with E-state index in [-0.39, 0.29) is 6.54 Å². The number of carbonyl (C=O) groups excluding carboxylic acids is 1. The van der Waals surface area contributed by atoms with Crippen LogP contribution < -0.4 is 0 Å². The molecule has 1 N–H and O–H groups in total. The molecule has 0 radical (unpaired) electrons. The van der Waals surface area contributed by atoms with Gasteiger partial charge in [0, 0.05) is 6.54 Å². The molecule has 1 fully saturated rings. The Balaban J connectivity index is 2.31. The summed E-state index contributed by atoms with van der Waals surface area (Å²) in [6.07, 6.45) is 0.873. The second kappa shape index (κ2) is 4.72. The molecule has 1 aliphatic heterocycles. The van der Waals surface area contributed by atoms with Crippen molar-refractivity contribution in [2.45, 2.75) is 18.9 Å². The molecule has 96 valence electrons. The fourth-order valence-electron chi connectivity index (χ4n) is 2.08. The molecule has 0 aromatic heterocycles. The van der Waals surface area contributed by atoms with Gasteiger partial charge in [-0.15, -0.1) is 0 Å². The minimum atomic E-state index is -1.13. The van der Waals surface area contributed by atoms with Gasteiger partial charge in [-0.3, -0.25) is 4.79 Å². The van der Waals surface area contributed by atoms with E-state index in [0.29, 0.717) is 12.8 Å². The van der Waals surface area contributed by atoms with Crippen molar-refractivity contribution in [2.24, 2.45) is 0 Å². The smallest absolute Gasteiger partial charge is 0.326 e. The number of nitrogens with zero attached hydrogens (tertiary/aromatic N) is 1. The zero-order valence-corrected chi connectivity index (χ0v) is 9.40. The van der Waals surface area contributed by atoms with Crippen LogP contribution in [-0.2, 0) is 4.79 Å². The van der Waals surface area contributed by atoms with Crippen LogP contribution in [0.4, 0.5) is 8.78 Å². The zero-order chi connectivity index (χ0) is 13.3. The van der Waals surface area contributed by atoms with E-state index in [1.807, 2.05) is 0 Å². The minimum absolute atomic E-state index is 0.242. The summed E-state index contributed by atoms with van der Waals surface area (Å²) in [6.45, 7) is 0.242. The first kappa shape index (κ1) is 12.5. The van der Waals surface area contributed by atoms with Crippen LogP contribution in [-0.4, -0.2) is 34.5 Å². The Morgan fingerprint density at radius 2 is 2.06 bits per heavy atom. The lowest BCUT2D eigenvalue weighted by atomic mass is 10.1. The molecule has 1 aromatic carbocycles. The second-order valence-electron chi connectivity index (χ2n) is 4.12. The van der Waals surface area contributed by atoms with Gasteiger partial charge < -0.3 is 10.0 Å². The van der Waals surface area contributed by atoms with Crippen molar-refractivity contribution < 1.29 is 23.5 Å². The fourth-order valence-corrected chi connectivity index (χ4v) is 2.08. The lowest BCUT2D eigenvalue weighted by Crippen LogP contribution is -2.40. The number of benzene rings is 1. The summed E-state index contributed by atoms with van der Waals surface area (Å²) >= 11 is 0. The summed E-state index contributed by atoms with van der Waals surface area (Å²) in [6, 6.07) is 1.59. The maximum Gasteiger partial charge on any atom is 0.326 e. The van der Waals surface area contributed by atoms with Gasteiger partial charge in [-0.25, -0.2) is 13.6 Å². The van der Waals surface area contributed by atoms with E-state index < -0.39 is 35.1 Å². The summed E-state index contributed by atoms with van der Waals surface area (Å²) in [5.74, 6) is -3.49. The summed E-state index contributed by atoms with van der Waals surface area (Å²) in [5, 5.41) is 8.94. The molecule has 4 nitrogen and oxygen atoms in total. The van der Waals surface area contributed by atoms with Crippen molar-refractivity contribution in [3.05, 3.63) is 35.4 Å². The Kier molecular flexibility index (Phi) is 3.27. The molecule has 1 amide bonds. The van der Waals surface area contributed by atoms with E-state index in [1.54, 1.807) is 0 Å². The van der Waals surface area contributed by atoms with Gasteiger partial charge in [-0.05, 0) is 31.0 Å². The van der Waals surface area contributed by atoms with Gasteiger partial charge in [-0.2, -0.15) is 0 Å². The molecule has 0 aliphatic carbocycles. The van der Waals surface area contributed by atoms with Gasteiger partial charge in [0.25, 0.3) is 5.91 Å². The highest BCUT2D eigenvalue weighted by Crippen LogP contribution is 2.22. The molecule has 0 bridgehead atoms. The summed E-state index contributed by atoms with van der Waals surface area (Å²) in [5.41, 5.74) is -0.428. The molecule has 2 rings (SSSR count). The van der Waals surface area contributed by atoms with Gasteiger partial charge >= 0.3 is 5.97 Å². The van der Waals surface area contributed by atoms with Gasteiger partial charge in [0.1, 0.15) is 17.7 Å². The first-order chi connectivity index (χ1) is 8.50. The van der Waals surface area contributed by atoms with Crippen molar-refractivity contribution in [1.29, 1.82) is 0 Å². The number of carboxylic acid groups (broad SMARTS) is 1. The monoisotopic (exact) mass is 255 g/mol. The fraction of sp³-hybridized carbons (Fsp3) is 0.333. The van der Waals surface area contributed by atoms with E-state index in [4.69, 9.17) is 5.11 Å². The number of likely N-dealkylation sites (tertiary alicyclic amines) is 1. The molecule has 1 unspecified atom stereocenters. The zero-order valence-electron chi connectivity index (χ0n) is 9.40. The summed E-state index contributed by atoms with van der Waals surface area (Å²) in [7, 11) is 0. The Morgan fingerprint density at radius 1 is 1.33 bits per heavy atom. The van der Waals surface area contributed by atoms with E-state index >= 15 is 0 Å². The second-order valence-corrected chi connectivity index (χ2v) is 4.12. The molecule has 6 heteroatoms. The third-order valence-electron chi connectivity index (χ3n) is 2.96. The Labute approximate surface area is 102 Å². The topological polar surface area (TPSA) is 57.6 Å². The molecule has 0 saturated carbocycles. The number of halogens is 2. The lowest BCUT2D eigenvalue weighted by Gasteiger charge is -2.21. The van der Waals surface area contributed by atoms with Crippen LogP contribution in [0.3, 0.4) is 0 Å². The van der Waals surface area contributed by atoms with Gasteiger partial charge in [0.2, 0.25) is 0 Å². The van der Waals surface area contributed by atoms with E-state index in [0.717, 1.165) is 23.1 Å². The first-order valence-electron chi connectivity index (χ1n) is 5.49. The van der Waals surface area contributed by atoms with Crippen LogP contribution in [0.25, 0.3) is 0 Å². The highest BCUT2D eigenvalue weighted by atomic mass is 19.1. The number of hydrogen-bond donors (Lipinski definition) is 1. The molecule has 1 aromatic rings. The quantitative estimate of drug-likeness (QED) is 0.874. The number of carbonyl (C=O) groups is 2. The Bertz CT molecular complexity index is 504. The van der Waals surface area contributed by atoms with Crippen LogP contribution in [0.1, 0.15) is 23.2 Å². The SMILES string of the molecule is O=C(O)C1CCCN1C(=O)c1cc(F)ccc1F. The molecule has 1 heterocycles. The minimum Gasteiger partial charge on any atom is -0.480 e. The third-order valence-corrected chi connectivity index (χ3v) is 2.96. The van der Waals surface area contributed by atoms with E-state index in [2.05, 4.69) is 0 Å². The first-order valence-corrected chi connectivity index (χ1v) is 5.49. The van der Waals surface area contributed by atoms with Crippen LogP contribution in [0.15, 0.2) is 18.2 Å². The van der Waals surface area contributed by atoms with Crippen LogP contribution in [0.5, 0.6) is 0 Å². The highest BCUT2D eigenvalue weighted by Gasteiger charge is 2.35. The van der Waals surface area contributed by atoms with Crippen molar-refractivity contribution in [2.75, 3.05) is 6.54 Å². The normalized spacial score (nSPS) is 19.0. The summed E-state index contributed by atoms with van der Waals surface area (Å²) in [4.78, 5) is 24.0. The standard InChI is InChI=1S/C12H11F2NO3/c13-7-3-4-9(14)8(6-7)11(16)15-5-1-2-10(15)12(17)18/h3-4,6,10H,1-2,5H2,(H,17,18). The molecular weight excluding hydrogens is 244 g/mol. The predicted molar refractivity (Wildman–Crippen MR) is 58.1 cm³/mol. The van der Waals surface area contributed by atoms with E-state index in [1.165, 1.54) is 0 Å². The largest absolute Gasteiger partial charge is 0.480 e. The van der Waals surface area contributed by atoms with Crippen LogP contribution >= 0.6 is 0 Å². The van der Waals surface area contributed by atoms with Crippen molar-refractivity contribution in [3.63, 3.8) is 0 Å². The van der Waals surface area contributed by atoms with Crippen molar-refractivity contribution in [3.8, 4) is 0 Å². The highest BCUT2D eigenvalue weighted by molar-refractivity contribution is 5.97. The number of aliphatic carboxylic acids is 1.